The van der Waals surface area contributed by atoms with Crippen molar-refractivity contribution in [3.05, 3.63) is 33.7 Å². The average Bonchev–Trinajstić information content (AvgIpc) is 2.04. The number of hydrogen-bond acceptors (Lipinski definition) is 2. The average molecular weight is 181 g/mol. The minimum Gasteiger partial charge on any atom is -0.478 e. The first-order valence-electron chi connectivity index (χ1n) is 4.10. The third kappa shape index (κ3) is 2.18. The maximum atomic E-state index is 10.9. The molecule has 13 heavy (non-hydrogen) atoms. The summed E-state index contributed by atoms with van der Waals surface area (Å²) in [4.78, 5) is 24.1. The molecule has 1 heterocycles. The number of aromatic amines is 1. The minimum atomic E-state index is -1.00. The van der Waals surface area contributed by atoms with Crippen LogP contribution in [0.2, 0.25) is 0 Å². The molecule has 1 rings (SSSR count). The Bertz CT molecular complexity index is 367. The summed E-state index contributed by atoms with van der Waals surface area (Å²) >= 11 is 0. The SMILES string of the molecule is CCCc1[nH]c(=O)ccc1C(=O)O. The third-order valence-corrected chi connectivity index (χ3v) is 1.73. The maximum Gasteiger partial charge on any atom is 0.337 e. The molecule has 1 aromatic rings. The quantitative estimate of drug-likeness (QED) is 0.731. The van der Waals surface area contributed by atoms with Crippen molar-refractivity contribution < 1.29 is 9.90 Å². The number of aryl methyl sites for hydroxylation is 1. The summed E-state index contributed by atoms with van der Waals surface area (Å²) in [5.41, 5.74) is 0.428. The molecule has 0 saturated carbocycles. The van der Waals surface area contributed by atoms with Crippen molar-refractivity contribution in [3.63, 3.8) is 0 Å². The Balaban J connectivity index is 3.18. The first-order valence-corrected chi connectivity index (χ1v) is 4.10. The number of pyridine rings is 1. The molecule has 0 aliphatic heterocycles. The minimum absolute atomic E-state index is 0.182. The number of nitrogens with one attached hydrogen (secondary N) is 1. The molecule has 0 unspecified atom stereocenters. The second-order valence-electron chi connectivity index (χ2n) is 2.77. The van der Waals surface area contributed by atoms with Crippen LogP contribution in [0.1, 0.15) is 29.4 Å². The van der Waals surface area contributed by atoms with Crippen molar-refractivity contribution in [2.75, 3.05) is 0 Å². The number of carboxylic acids is 1. The Morgan fingerprint density at radius 1 is 1.54 bits per heavy atom. The number of aromatic nitrogens is 1. The van der Waals surface area contributed by atoms with E-state index in [-0.39, 0.29) is 11.1 Å². The fourth-order valence-corrected chi connectivity index (χ4v) is 1.16. The van der Waals surface area contributed by atoms with Gasteiger partial charge in [0.1, 0.15) is 0 Å². The van der Waals surface area contributed by atoms with Gasteiger partial charge < -0.3 is 10.1 Å². The van der Waals surface area contributed by atoms with E-state index in [1.165, 1.54) is 12.1 Å². The normalized spacial score (nSPS) is 9.92. The van der Waals surface area contributed by atoms with Crippen LogP contribution in [0.25, 0.3) is 0 Å². The van der Waals surface area contributed by atoms with Gasteiger partial charge in [-0.25, -0.2) is 4.79 Å². The van der Waals surface area contributed by atoms with E-state index >= 15 is 0 Å². The lowest BCUT2D eigenvalue weighted by Crippen LogP contribution is -2.13. The first kappa shape index (κ1) is 9.51. The molecule has 0 aliphatic rings. The van der Waals surface area contributed by atoms with Crippen molar-refractivity contribution in [2.45, 2.75) is 19.8 Å². The van der Waals surface area contributed by atoms with E-state index in [9.17, 15) is 9.59 Å². The van der Waals surface area contributed by atoms with Gasteiger partial charge >= 0.3 is 5.97 Å². The molecule has 0 radical (unpaired) electrons. The zero-order valence-corrected chi connectivity index (χ0v) is 7.33. The van der Waals surface area contributed by atoms with Gasteiger partial charge in [0.05, 0.1) is 5.56 Å². The second kappa shape index (κ2) is 3.89. The molecule has 4 heteroatoms. The molecule has 0 spiro atoms. The van der Waals surface area contributed by atoms with Gasteiger partial charge in [0, 0.05) is 11.8 Å². The molecule has 1 aromatic heterocycles. The lowest BCUT2D eigenvalue weighted by Gasteiger charge is -2.02. The molecule has 0 atom stereocenters. The molecule has 2 N–H and O–H groups in total. The second-order valence-corrected chi connectivity index (χ2v) is 2.77. The predicted octanol–water partition coefficient (Wildman–Crippen LogP) is 1.03. The Morgan fingerprint density at radius 3 is 2.77 bits per heavy atom. The van der Waals surface area contributed by atoms with E-state index in [1.54, 1.807) is 0 Å². The van der Waals surface area contributed by atoms with Gasteiger partial charge in [-0.3, -0.25) is 4.79 Å². The van der Waals surface area contributed by atoms with E-state index in [4.69, 9.17) is 5.11 Å². The number of aromatic carboxylic acids is 1. The third-order valence-electron chi connectivity index (χ3n) is 1.73. The van der Waals surface area contributed by atoms with Crippen molar-refractivity contribution in [2.24, 2.45) is 0 Å². The van der Waals surface area contributed by atoms with Gasteiger partial charge in [0.2, 0.25) is 5.56 Å². The van der Waals surface area contributed by atoms with Crippen LogP contribution in [-0.2, 0) is 6.42 Å². The Morgan fingerprint density at radius 2 is 2.23 bits per heavy atom. The van der Waals surface area contributed by atoms with Crippen LogP contribution >= 0.6 is 0 Å². The van der Waals surface area contributed by atoms with Gasteiger partial charge in [0.25, 0.3) is 0 Å². The molecular weight excluding hydrogens is 170 g/mol. The van der Waals surface area contributed by atoms with Crippen molar-refractivity contribution in [3.8, 4) is 0 Å². The molecule has 0 amide bonds. The molecule has 0 aromatic carbocycles. The van der Waals surface area contributed by atoms with Gasteiger partial charge in [-0.05, 0) is 12.5 Å². The highest BCUT2D eigenvalue weighted by Crippen LogP contribution is 2.05. The molecule has 0 bridgehead atoms. The monoisotopic (exact) mass is 181 g/mol. The lowest BCUT2D eigenvalue weighted by molar-refractivity contribution is 0.0695. The zero-order chi connectivity index (χ0) is 9.84. The molecule has 0 saturated heterocycles. The van der Waals surface area contributed by atoms with Gasteiger partial charge in [0.15, 0.2) is 0 Å². The van der Waals surface area contributed by atoms with Crippen LogP contribution in [0.4, 0.5) is 0 Å². The van der Waals surface area contributed by atoms with Crippen LogP contribution in [0, 0.1) is 0 Å². The summed E-state index contributed by atoms with van der Waals surface area (Å²) in [5.74, 6) is -1.00. The number of H-pyrrole nitrogens is 1. The summed E-state index contributed by atoms with van der Waals surface area (Å²) in [5, 5.41) is 8.76. The van der Waals surface area contributed by atoms with Gasteiger partial charge in [-0.15, -0.1) is 0 Å². The highest BCUT2D eigenvalue weighted by Gasteiger charge is 2.09. The van der Waals surface area contributed by atoms with Crippen LogP contribution in [0.15, 0.2) is 16.9 Å². The van der Waals surface area contributed by atoms with Crippen LogP contribution in [-0.4, -0.2) is 16.1 Å². The smallest absolute Gasteiger partial charge is 0.337 e. The Kier molecular flexibility index (Phi) is 2.84. The van der Waals surface area contributed by atoms with Gasteiger partial charge in [-0.2, -0.15) is 0 Å². The van der Waals surface area contributed by atoms with E-state index < -0.39 is 5.97 Å². The molecule has 70 valence electrons. The van der Waals surface area contributed by atoms with E-state index in [0.717, 1.165) is 6.42 Å². The zero-order valence-electron chi connectivity index (χ0n) is 7.33. The standard InChI is InChI=1S/C9H11NO3/c1-2-3-7-6(9(12)13)4-5-8(11)10-7/h4-5H,2-3H2,1H3,(H,10,11)(H,12,13). The summed E-state index contributed by atoms with van der Waals surface area (Å²) in [6.07, 6.45) is 1.39. The number of carboxylic acid groups (broad SMARTS) is 1. The van der Waals surface area contributed by atoms with Crippen molar-refractivity contribution in [1.82, 2.24) is 4.98 Å². The number of hydrogen-bond donors (Lipinski definition) is 2. The Hall–Kier alpha value is -1.58. The van der Waals surface area contributed by atoms with E-state index in [2.05, 4.69) is 4.98 Å². The summed E-state index contributed by atoms with van der Waals surface area (Å²) in [7, 11) is 0. The molecule has 4 nitrogen and oxygen atoms in total. The number of carbonyl (C=O) groups is 1. The summed E-state index contributed by atoms with van der Waals surface area (Å²) < 4.78 is 0. The molecule has 0 aliphatic carbocycles. The highest BCUT2D eigenvalue weighted by molar-refractivity contribution is 5.88. The largest absolute Gasteiger partial charge is 0.478 e. The summed E-state index contributed by atoms with van der Waals surface area (Å²) in [6, 6.07) is 2.56. The molecular formula is C9H11NO3. The predicted molar refractivity (Wildman–Crippen MR) is 48.0 cm³/mol. The lowest BCUT2D eigenvalue weighted by atomic mass is 10.1. The van der Waals surface area contributed by atoms with E-state index in [1.807, 2.05) is 6.92 Å². The first-order chi connectivity index (χ1) is 6.15. The van der Waals surface area contributed by atoms with Crippen LogP contribution < -0.4 is 5.56 Å². The fraction of sp³-hybridized carbons (Fsp3) is 0.333. The summed E-state index contributed by atoms with van der Waals surface area (Å²) in [6.45, 7) is 1.93. The highest BCUT2D eigenvalue weighted by atomic mass is 16.4. The van der Waals surface area contributed by atoms with Crippen molar-refractivity contribution in [1.29, 1.82) is 0 Å². The topological polar surface area (TPSA) is 70.2 Å². The fourth-order valence-electron chi connectivity index (χ4n) is 1.16. The van der Waals surface area contributed by atoms with E-state index in [0.29, 0.717) is 12.1 Å². The van der Waals surface area contributed by atoms with Crippen molar-refractivity contribution >= 4 is 5.97 Å². The maximum absolute atomic E-state index is 10.9. The van der Waals surface area contributed by atoms with Gasteiger partial charge in [-0.1, -0.05) is 13.3 Å². The number of rotatable bonds is 3. The molecule has 0 fully saturated rings. The van der Waals surface area contributed by atoms with Crippen LogP contribution in [0.3, 0.4) is 0 Å². The Labute approximate surface area is 75.2 Å². The van der Waals surface area contributed by atoms with Crippen LogP contribution in [0.5, 0.6) is 0 Å².